The predicted molar refractivity (Wildman–Crippen MR) is 146 cm³/mol. The number of nitrogens with zero attached hydrogens (tertiary/aromatic N) is 1. The van der Waals surface area contributed by atoms with Gasteiger partial charge in [-0.25, -0.2) is 9.59 Å². The second kappa shape index (κ2) is 12.0. The van der Waals surface area contributed by atoms with E-state index in [-0.39, 0.29) is 24.3 Å². The lowest BCUT2D eigenvalue weighted by atomic mass is 10.0. The number of rotatable bonds is 8. The first-order chi connectivity index (χ1) is 16.8. The maximum Gasteiger partial charge on any atom is 0.411 e. The number of ether oxygens (including phenoxy) is 2. The molecule has 196 valence electrons. The molecule has 0 bridgehead atoms. The van der Waals surface area contributed by atoms with E-state index in [1.807, 2.05) is 19.1 Å². The molecule has 1 aliphatic rings. The lowest BCUT2D eigenvalue weighted by Crippen LogP contribution is -2.34. The van der Waals surface area contributed by atoms with Gasteiger partial charge in [0.05, 0.1) is 17.4 Å². The van der Waals surface area contributed by atoms with Crippen LogP contribution >= 0.6 is 27.5 Å². The highest BCUT2D eigenvalue weighted by Gasteiger charge is 2.31. The Bertz CT molecular complexity index is 1150. The van der Waals surface area contributed by atoms with Gasteiger partial charge in [-0.05, 0) is 75.1 Å². The Hall–Kier alpha value is -2.10. The second-order valence-electron chi connectivity index (χ2n) is 9.95. The van der Waals surface area contributed by atoms with E-state index in [0.717, 1.165) is 22.9 Å². The molecule has 0 radical (unpaired) electrons. The number of carbonyl (C=O) groups is 2. The molecule has 3 rings (SSSR count). The van der Waals surface area contributed by atoms with E-state index < -0.39 is 28.6 Å². The fraction of sp³-hybridized carbons (Fsp3) is 0.462. The Kier molecular flexibility index (Phi) is 9.46. The summed E-state index contributed by atoms with van der Waals surface area (Å²) in [5, 5.41) is 3.46. The molecule has 36 heavy (non-hydrogen) atoms. The van der Waals surface area contributed by atoms with E-state index in [2.05, 4.69) is 21.2 Å². The van der Waals surface area contributed by atoms with Crippen molar-refractivity contribution in [3.63, 3.8) is 0 Å². The maximum absolute atomic E-state index is 13.0. The Morgan fingerprint density at radius 1 is 1.22 bits per heavy atom. The summed E-state index contributed by atoms with van der Waals surface area (Å²) < 4.78 is 24.7. The normalized spacial score (nSPS) is 15.1. The van der Waals surface area contributed by atoms with E-state index in [9.17, 15) is 13.8 Å². The van der Waals surface area contributed by atoms with Gasteiger partial charge in [-0.1, -0.05) is 40.5 Å². The van der Waals surface area contributed by atoms with E-state index in [1.54, 1.807) is 52.1 Å². The van der Waals surface area contributed by atoms with Gasteiger partial charge < -0.3 is 14.4 Å². The van der Waals surface area contributed by atoms with Crippen molar-refractivity contribution < 1.29 is 23.3 Å². The summed E-state index contributed by atoms with van der Waals surface area (Å²) in [5.74, 6) is -0.0993. The van der Waals surface area contributed by atoms with Crippen molar-refractivity contribution in [1.82, 2.24) is 4.90 Å². The zero-order valence-corrected chi connectivity index (χ0v) is 24.3. The van der Waals surface area contributed by atoms with Crippen LogP contribution in [0.5, 0.6) is 0 Å². The topological polar surface area (TPSA) is 84.9 Å². The number of hydrogen-bond acceptors (Lipinski definition) is 5. The fourth-order valence-electron chi connectivity index (χ4n) is 3.44. The Balaban J connectivity index is 1.69. The molecule has 0 heterocycles. The van der Waals surface area contributed by atoms with Crippen molar-refractivity contribution >= 4 is 56.2 Å². The van der Waals surface area contributed by atoms with Crippen LogP contribution in [-0.4, -0.2) is 45.8 Å². The van der Waals surface area contributed by atoms with Crippen LogP contribution in [0.15, 0.2) is 45.8 Å². The summed E-state index contributed by atoms with van der Waals surface area (Å²) in [6.07, 6.45) is 0.739. The first-order valence-electron chi connectivity index (χ1n) is 11.7. The molecule has 2 amide bonds. The number of amides is 2. The summed E-state index contributed by atoms with van der Waals surface area (Å²) in [4.78, 5) is 27.1. The molecule has 0 saturated heterocycles. The molecule has 2 atom stereocenters. The number of anilines is 1. The van der Waals surface area contributed by atoms with Crippen molar-refractivity contribution in [2.75, 3.05) is 19.0 Å². The molecule has 2 aromatic carbocycles. The van der Waals surface area contributed by atoms with Crippen LogP contribution < -0.4 is 5.32 Å². The third-order valence-corrected chi connectivity index (χ3v) is 8.15. The average molecular weight is 600 g/mol. The van der Waals surface area contributed by atoms with Gasteiger partial charge in [0.1, 0.15) is 5.60 Å². The number of benzene rings is 2. The molecule has 2 aromatic rings. The molecule has 1 aliphatic carbocycles. The molecule has 1 N–H and O–H groups in total. The lowest BCUT2D eigenvalue weighted by Gasteiger charge is -2.25. The standard InChI is InChI=1S/C26H32BrClN2O5S/c1-16(21-10-6-18(27)13-22(21)28)15-34-24(31)29-19-7-11-23(36(33)20-8-9-20)17(12-19)14-30(5)25(32)35-26(2,3)4/h6-7,10-13,16,20H,8-9,14-15H2,1-5H3,(H,29,31). The van der Waals surface area contributed by atoms with Crippen LogP contribution in [0.3, 0.4) is 0 Å². The highest BCUT2D eigenvalue weighted by Crippen LogP contribution is 2.33. The van der Waals surface area contributed by atoms with Crippen molar-refractivity contribution in [3.8, 4) is 0 Å². The average Bonchev–Trinajstić information content (AvgIpc) is 3.61. The fourth-order valence-corrected chi connectivity index (χ4v) is 5.81. The highest BCUT2D eigenvalue weighted by molar-refractivity contribution is 9.10. The zero-order chi connectivity index (χ0) is 26.6. The van der Waals surface area contributed by atoms with Crippen LogP contribution in [0.4, 0.5) is 15.3 Å². The molecule has 7 nitrogen and oxygen atoms in total. The van der Waals surface area contributed by atoms with Gasteiger partial charge in [-0.3, -0.25) is 9.53 Å². The van der Waals surface area contributed by atoms with Crippen LogP contribution in [0.1, 0.15) is 57.6 Å². The summed E-state index contributed by atoms with van der Waals surface area (Å²) in [6.45, 7) is 7.66. The smallest absolute Gasteiger partial charge is 0.411 e. The maximum atomic E-state index is 13.0. The molecular formula is C26H32BrClN2O5S. The van der Waals surface area contributed by atoms with E-state index in [0.29, 0.717) is 21.2 Å². The van der Waals surface area contributed by atoms with Gasteiger partial charge in [-0.15, -0.1) is 0 Å². The van der Waals surface area contributed by atoms with Gasteiger partial charge in [-0.2, -0.15) is 0 Å². The zero-order valence-electron chi connectivity index (χ0n) is 21.1. The summed E-state index contributed by atoms with van der Waals surface area (Å²) in [5.41, 5.74) is 1.42. The number of halogens is 2. The van der Waals surface area contributed by atoms with E-state index in [4.69, 9.17) is 21.1 Å². The quantitative estimate of drug-likeness (QED) is 0.350. The van der Waals surface area contributed by atoms with Crippen LogP contribution in [-0.2, 0) is 26.8 Å². The minimum absolute atomic E-state index is 0.0993. The van der Waals surface area contributed by atoms with Crippen LogP contribution in [0.2, 0.25) is 5.02 Å². The molecule has 0 aromatic heterocycles. The minimum Gasteiger partial charge on any atom is -0.449 e. The molecule has 0 spiro atoms. The lowest BCUT2D eigenvalue weighted by molar-refractivity contribution is 0.0284. The molecule has 10 heteroatoms. The van der Waals surface area contributed by atoms with Gasteiger partial charge in [0, 0.05) is 44.8 Å². The van der Waals surface area contributed by atoms with Gasteiger partial charge in [0.15, 0.2) is 0 Å². The Morgan fingerprint density at radius 2 is 1.92 bits per heavy atom. The van der Waals surface area contributed by atoms with E-state index >= 15 is 0 Å². The van der Waals surface area contributed by atoms with Gasteiger partial charge in [0.2, 0.25) is 0 Å². The molecule has 0 aliphatic heterocycles. The summed E-state index contributed by atoms with van der Waals surface area (Å²) in [7, 11) is 0.447. The van der Waals surface area contributed by atoms with E-state index in [1.165, 1.54) is 4.90 Å². The molecular weight excluding hydrogens is 568 g/mol. The monoisotopic (exact) mass is 598 g/mol. The van der Waals surface area contributed by atoms with Gasteiger partial charge >= 0.3 is 12.2 Å². The summed E-state index contributed by atoms with van der Waals surface area (Å²) in [6, 6.07) is 10.8. The number of carbonyl (C=O) groups excluding carboxylic acids is 2. The van der Waals surface area contributed by atoms with Crippen LogP contribution in [0, 0.1) is 0 Å². The number of nitrogens with one attached hydrogen (secondary N) is 1. The third kappa shape index (κ3) is 8.21. The predicted octanol–water partition coefficient (Wildman–Crippen LogP) is 7.09. The van der Waals surface area contributed by atoms with Crippen molar-refractivity contribution in [1.29, 1.82) is 0 Å². The van der Waals surface area contributed by atoms with Crippen molar-refractivity contribution in [3.05, 3.63) is 57.0 Å². The summed E-state index contributed by atoms with van der Waals surface area (Å²) >= 11 is 9.69. The van der Waals surface area contributed by atoms with Crippen molar-refractivity contribution in [2.24, 2.45) is 0 Å². The number of hydrogen-bond donors (Lipinski definition) is 1. The Labute approximate surface area is 228 Å². The van der Waals surface area contributed by atoms with Crippen molar-refractivity contribution in [2.45, 2.75) is 68.7 Å². The first-order valence-corrected chi connectivity index (χ1v) is 14.1. The third-order valence-electron chi connectivity index (χ3n) is 5.42. The SMILES string of the molecule is CC(COC(=O)Nc1ccc(S(=O)C2CC2)c(CN(C)C(=O)OC(C)(C)C)c1)c1ccc(Br)cc1Cl. The highest BCUT2D eigenvalue weighted by atomic mass is 79.9. The molecule has 2 unspecified atom stereocenters. The molecule has 1 saturated carbocycles. The largest absolute Gasteiger partial charge is 0.449 e. The first kappa shape index (κ1) is 28.5. The second-order valence-corrected chi connectivity index (χ2v) is 13.0. The van der Waals surface area contributed by atoms with Gasteiger partial charge in [0.25, 0.3) is 0 Å². The minimum atomic E-state index is -1.18. The molecule has 1 fully saturated rings. The van der Waals surface area contributed by atoms with Crippen LogP contribution in [0.25, 0.3) is 0 Å². The Morgan fingerprint density at radius 3 is 2.53 bits per heavy atom.